The highest BCUT2D eigenvalue weighted by Crippen LogP contribution is 2.13. The summed E-state index contributed by atoms with van der Waals surface area (Å²) >= 11 is 0. The summed E-state index contributed by atoms with van der Waals surface area (Å²) < 4.78 is 25.3. The van der Waals surface area contributed by atoms with E-state index in [2.05, 4.69) is 34.2 Å². The number of unbranched alkanes of at least 4 members (excludes halogenated alkanes) is 1. The normalized spacial score (nSPS) is 14.0. The Bertz CT molecular complexity index is 453. The lowest BCUT2D eigenvalue weighted by Crippen LogP contribution is -2.53. The van der Waals surface area contributed by atoms with Crippen molar-refractivity contribution in [2.75, 3.05) is 26.4 Å². The van der Waals surface area contributed by atoms with Gasteiger partial charge in [0.05, 0.1) is 6.26 Å². The highest BCUT2D eigenvalue weighted by molar-refractivity contribution is 14.0. The Morgan fingerprint density at radius 3 is 2.21 bits per heavy atom. The summed E-state index contributed by atoms with van der Waals surface area (Å²) in [6.07, 6.45) is 7.28. The first-order valence-electron chi connectivity index (χ1n) is 8.57. The van der Waals surface area contributed by atoms with Crippen LogP contribution in [0.1, 0.15) is 59.8 Å². The minimum absolute atomic E-state index is 0. The van der Waals surface area contributed by atoms with Crippen LogP contribution in [0.5, 0.6) is 0 Å². The lowest BCUT2D eigenvalue weighted by molar-refractivity contribution is 0.418. The van der Waals surface area contributed by atoms with Crippen molar-refractivity contribution in [3.63, 3.8) is 0 Å². The molecule has 0 heterocycles. The number of rotatable bonds is 11. The average Bonchev–Trinajstić information content (AvgIpc) is 2.42. The maximum Gasteiger partial charge on any atom is 0.209 e. The van der Waals surface area contributed by atoms with E-state index in [0.29, 0.717) is 18.4 Å². The summed E-state index contributed by atoms with van der Waals surface area (Å²) in [5.41, 5.74) is -0.573. The van der Waals surface area contributed by atoms with E-state index in [4.69, 9.17) is 0 Å². The van der Waals surface area contributed by atoms with Crippen LogP contribution < -0.4 is 15.4 Å². The molecule has 0 bridgehead atoms. The summed E-state index contributed by atoms with van der Waals surface area (Å²) in [5, 5.41) is 6.56. The smallest absolute Gasteiger partial charge is 0.209 e. The molecule has 0 spiro atoms. The van der Waals surface area contributed by atoms with Crippen LogP contribution >= 0.6 is 24.0 Å². The first-order chi connectivity index (χ1) is 10.6. The molecular formula is C16H37IN4O2S. The van der Waals surface area contributed by atoms with Crippen LogP contribution in [0.15, 0.2) is 4.99 Å². The largest absolute Gasteiger partial charge is 0.356 e. The fourth-order valence-corrected chi connectivity index (χ4v) is 3.63. The van der Waals surface area contributed by atoms with Gasteiger partial charge in [0.2, 0.25) is 10.0 Å². The van der Waals surface area contributed by atoms with Gasteiger partial charge in [-0.15, -0.1) is 24.0 Å². The van der Waals surface area contributed by atoms with E-state index in [1.165, 1.54) is 38.4 Å². The molecule has 0 saturated heterocycles. The van der Waals surface area contributed by atoms with Crippen LogP contribution in [0.3, 0.4) is 0 Å². The molecule has 0 amide bonds. The van der Waals surface area contributed by atoms with Crippen LogP contribution in [-0.2, 0) is 10.0 Å². The highest BCUT2D eigenvalue weighted by Gasteiger charge is 2.22. The lowest BCUT2D eigenvalue weighted by atomic mass is 9.97. The molecule has 8 heteroatoms. The summed E-state index contributed by atoms with van der Waals surface area (Å²) in [6, 6.07) is 0. The van der Waals surface area contributed by atoms with Crippen molar-refractivity contribution in [3.8, 4) is 0 Å². The SMILES string of the molecule is CCCCC(CCC)CNC(=NC)NCC(C)(C)NS(C)(=O)=O.I. The quantitative estimate of drug-likeness (QED) is 0.243. The molecule has 24 heavy (non-hydrogen) atoms. The maximum absolute atomic E-state index is 11.4. The molecule has 0 aromatic rings. The predicted octanol–water partition coefficient (Wildman–Crippen LogP) is 2.70. The van der Waals surface area contributed by atoms with E-state index in [9.17, 15) is 8.42 Å². The summed E-state index contributed by atoms with van der Waals surface area (Å²) in [5.74, 6) is 1.37. The molecule has 3 N–H and O–H groups in total. The zero-order valence-electron chi connectivity index (χ0n) is 16.1. The highest BCUT2D eigenvalue weighted by atomic mass is 127. The Labute approximate surface area is 166 Å². The molecule has 1 atom stereocenters. The number of hydrogen-bond acceptors (Lipinski definition) is 3. The van der Waals surface area contributed by atoms with Crippen LogP contribution in [0.4, 0.5) is 0 Å². The van der Waals surface area contributed by atoms with Crippen LogP contribution in [-0.4, -0.2) is 46.3 Å². The molecule has 0 aliphatic rings. The molecule has 0 aromatic heterocycles. The van der Waals surface area contributed by atoms with Gasteiger partial charge in [0.25, 0.3) is 0 Å². The van der Waals surface area contributed by atoms with Gasteiger partial charge in [0.1, 0.15) is 0 Å². The molecule has 6 nitrogen and oxygen atoms in total. The second-order valence-corrected chi connectivity index (χ2v) is 8.61. The molecule has 146 valence electrons. The number of guanidine groups is 1. The topological polar surface area (TPSA) is 82.6 Å². The van der Waals surface area contributed by atoms with Gasteiger partial charge in [0, 0.05) is 25.7 Å². The fraction of sp³-hybridized carbons (Fsp3) is 0.938. The Kier molecular flexibility index (Phi) is 14.3. The van der Waals surface area contributed by atoms with Gasteiger partial charge >= 0.3 is 0 Å². The van der Waals surface area contributed by atoms with E-state index >= 15 is 0 Å². The van der Waals surface area contributed by atoms with Gasteiger partial charge in [-0.05, 0) is 32.6 Å². The first-order valence-corrected chi connectivity index (χ1v) is 10.5. The molecule has 0 saturated carbocycles. The van der Waals surface area contributed by atoms with E-state index in [1.807, 2.05) is 13.8 Å². The van der Waals surface area contributed by atoms with E-state index < -0.39 is 15.6 Å². The van der Waals surface area contributed by atoms with Gasteiger partial charge in [-0.3, -0.25) is 4.99 Å². The van der Waals surface area contributed by atoms with Crippen LogP contribution in [0.25, 0.3) is 0 Å². The third-order valence-electron chi connectivity index (χ3n) is 3.60. The van der Waals surface area contributed by atoms with Gasteiger partial charge in [0.15, 0.2) is 5.96 Å². The number of hydrogen-bond donors (Lipinski definition) is 3. The lowest BCUT2D eigenvalue weighted by Gasteiger charge is -2.27. The number of nitrogens with zero attached hydrogens (tertiary/aromatic N) is 1. The second-order valence-electron chi connectivity index (χ2n) is 6.86. The standard InChI is InChI=1S/C16H36N4O2S.HI/c1-7-9-11-14(10-8-2)12-18-15(17-5)19-13-16(3,4)20-23(6,21)22;/h14,20H,7-13H2,1-6H3,(H2,17,18,19);1H. The van der Waals surface area contributed by atoms with Crippen molar-refractivity contribution in [2.45, 2.75) is 65.3 Å². The van der Waals surface area contributed by atoms with Crippen molar-refractivity contribution in [2.24, 2.45) is 10.9 Å². The Morgan fingerprint density at radius 2 is 1.75 bits per heavy atom. The monoisotopic (exact) mass is 476 g/mol. The Morgan fingerprint density at radius 1 is 1.12 bits per heavy atom. The zero-order valence-corrected chi connectivity index (χ0v) is 19.3. The van der Waals surface area contributed by atoms with Gasteiger partial charge in [-0.1, -0.05) is 33.1 Å². The van der Waals surface area contributed by atoms with Gasteiger partial charge < -0.3 is 10.6 Å². The maximum atomic E-state index is 11.4. The predicted molar refractivity (Wildman–Crippen MR) is 115 cm³/mol. The van der Waals surface area contributed by atoms with Crippen molar-refractivity contribution in [1.29, 1.82) is 0 Å². The van der Waals surface area contributed by atoms with E-state index in [1.54, 1.807) is 7.05 Å². The van der Waals surface area contributed by atoms with Crippen molar-refractivity contribution in [1.82, 2.24) is 15.4 Å². The van der Waals surface area contributed by atoms with Crippen LogP contribution in [0.2, 0.25) is 0 Å². The van der Waals surface area contributed by atoms with Crippen molar-refractivity contribution >= 4 is 40.0 Å². The molecule has 0 aliphatic carbocycles. The number of halogens is 1. The second kappa shape index (κ2) is 13.2. The van der Waals surface area contributed by atoms with Crippen LogP contribution in [0, 0.1) is 5.92 Å². The van der Waals surface area contributed by atoms with Gasteiger partial charge in [-0.2, -0.15) is 0 Å². The number of aliphatic imine (C=N–C) groups is 1. The summed E-state index contributed by atoms with van der Waals surface area (Å²) in [6.45, 7) is 9.48. The fourth-order valence-electron chi connectivity index (χ4n) is 2.55. The molecule has 0 aromatic carbocycles. The molecule has 0 rings (SSSR count). The number of sulfonamides is 1. The Balaban J connectivity index is 0. The zero-order chi connectivity index (χ0) is 17.9. The molecule has 0 fully saturated rings. The number of nitrogens with one attached hydrogen (secondary N) is 3. The van der Waals surface area contributed by atoms with Gasteiger partial charge in [-0.25, -0.2) is 13.1 Å². The Hall–Kier alpha value is -0.0900. The van der Waals surface area contributed by atoms with Crippen molar-refractivity contribution < 1.29 is 8.42 Å². The summed E-state index contributed by atoms with van der Waals surface area (Å²) in [4.78, 5) is 4.22. The third-order valence-corrected chi connectivity index (χ3v) is 4.53. The van der Waals surface area contributed by atoms with E-state index in [-0.39, 0.29) is 24.0 Å². The molecule has 0 radical (unpaired) electrons. The molecule has 0 aliphatic heterocycles. The minimum Gasteiger partial charge on any atom is -0.356 e. The molecular weight excluding hydrogens is 439 g/mol. The minimum atomic E-state index is -3.23. The average molecular weight is 476 g/mol. The molecule has 1 unspecified atom stereocenters. The third kappa shape index (κ3) is 14.3. The first kappa shape index (κ1) is 26.1. The summed E-state index contributed by atoms with van der Waals surface area (Å²) in [7, 11) is -1.50. The van der Waals surface area contributed by atoms with Crippen molar-refractivity contribution in [3.05, 3.63) is 0 Å². The van der Waals surface area contributed by atoms with E-state index in [0.717, 1.165) is 6.54 Å².